The molecule has 1 N–H and O–H groups in total. The number of hydrogen-bond donors (Lipinski definition) is 1. The van der Waals surface area contributed by atoms with Crippen molar-refractivity contribution in [2.24, 2.45) is 5.41 Å². The van der Waals surface area contributed by atoms with Crippen molar-refractivity contribution in [2.45, 2.75) is 39.3 Å². The molecule has 0 radical (unpaired) electrons. The molecule has 0 amide bonds. The summed E-state index contributed by atoms with van der Waals surface area (Å²) in [6.07, 6.45) is -5.68. The van der Waals surface area contributed by atoms with Crippen LogP contribution < -0.4 is 0 Å². The third-order valence-electron chi connectivity index (χ3n) is 1.99. The van der Waals surface area contributed by atoms with Crippen LogP contribution in [0.3, 0.4) is 0 Å². The van der Waals surface area contributed by atoms with Gasteiger partial charge in [-0.3, -0.25) is 5.10 Å². The van der Waals surface area contributed by atoms with Crippen LogP contribution in [-0.4, -0.2) is 21.6 Å². The van der Waals surface area contributed by atoms with Crippen molar-refractivity contribution in [3.8, 4) is 0 Å². The lowest BCUT2D eigenvalue weighted by Gasteiger charge is -2.21. The smallest absolute Gasteiger partial charge is 0.255 e. The van der Waals surface area contributed by atoms with Crippen molar-refractivity contribution in [3.05, 3.63) is 11.4 Å². The van der Waals surface area contributed by atoms with E-state index >= 15 is 0 Å². The Balaban J connectivity index is 3.13. The number of aromatic nitrogens is 3. The van der Waals surface area contributed by atoms with Crippen LogP contribution >= 0.6 is 0 Å². The van der Waals surface area contributed by atoms with E-state index in [1.807, 2.05) is 0 Å². The summed E-state index contributed by atoms with van der Waals surface area (Å²) < 4.78 is 62.7. The van der Waals surface area contributed by atoms with Gasteiger partial charge in [0.1, 0.15) is 5.69 Å². The molecule has 0 bridgehead atoms. The molecule has 1 heterocycles. The highest BCUT2D eigenvalue weighted by molar-refractivity contribution is 5.17. The Morgan fingerprint density at radius 3 is 2.00 bits per heavy atom. The molecule has 98 valence electrons. The molecule has 0 aliphatic rings. The van der Waals surface area contributed by atoms with Crippen molar-refractivity contribution >= 4 is 0 Å². The van der Waals surface area contributed by atoms with Gasteiger partial charge >= 0.3 is 12.1 Å². The van der Waals surface area contributed by atoms with E-state index in [9.17, 15) is 22.0 Å². The van der Waals surface area contributed by atoms with Crippen LogP contribution in [0.15, 0.2) is 0 Å². The minimum atomic E-state index is -5.66. The third-order valence-corrected chi connectivity index (χ3v) is 1.99. The zero-order chi connectivity index (χ0) is 13.5. The molecule has 1 rings (SSSR count). The van der Waals surface area contributed by atoms with Gasteiger partial charge in [0.15, 0.2) is 0 Å². The van der Waals surface area contributed by atoms with Crippen LogP contribution in [0, 0.1) is 5.41 Å². The molecule has 0 saturated carbocycles. The summed E-state index contributed by atoms with van der Waals surface area (Å²) in [5, 5.41) is 7.97. The summed E-state index contributed by atoms with van der Waals surface area (Å²) in [5.74, 6) is -4.96. The monoisotopic (exact) mass is 257 g/mol. The summed E-state index contributed by atoms with van der Waals surface area (Å²) in [6.45, 7) is 5.12. The van der Waals surface area contributed by atoms with Crippen molar-refractivity contribution in [3.63, 3.8) is 0 Å². The largest absolute Gasteiger partial charge is 0.459 e. The van der Waals surface area contributed by atoms with Crippen molar-refractivity contribution in [1.82, 2.24) is 15.4 Å². The molecular weight excluding hydrogens is 245 g/mol. The Morgan fingerprint density at radius 2 is 1.59 bits per heavy atom. The molecule has 17 heavy (non-hydrogen) atoms. The van der Waals surface area contributed by atoms with Crippen molar-refractivity contribution < 1.29 is 22.0 Å². The summed E-state index contributed by atoms with van der Waals surface area (Å²) in [7, 11) is 0. The molecule has 0 unspecified atom stereocenters. The number of H-pyrrole nitrogens is 1. The zero-order valence-corrected chi connectivity index (χ0v) is 9.49. The number of hydrogen-bond acceptors (Lipinski definition) is 2. The summed E-state index contributed by atoms with van der Waals surface area (Å²) in [6, 6.07) is 0. The first kappa shape index (κ1) is 13.9. The SMILES string of the molecule is CC(C)(C)Cc1nn[nH]c1C(F)(F)C(F)(F)F. The zero-order valence-electron chi connectivity index (χ0n) is 9.49. The van der Waals surface area contributed by atoms with Gasteiger partial charge < -0.3 is 0 Å². The molecule has 0 saturated heterocycles. The minimum absolute atomic E-state index is 0.0233. The van der Waals surface area contributed by atoms with Gasteiger partial charge in [-0.25, -0.2) is 0 Å². The van der Waals surface area contributed by atoms with Gasteiger partial charge in [-0.05, 0) is 11.8 Å². The summed E-state index contributed by atoms with van der Waals surface area (Å²) in [5.41, 5.74) is -2.10. The van der Waals surface area contributed by atoms with E-state index in [-0.39, 0.29) is 12.1 Å². The van der Waals surface area contributed by atoms with Crippen LogP contribution in [0.4, 0.5) is 22.0 Å². The Hall–Kier alpha value is -1.21. The maximum Gasteiger partial charge on any atom is 0.459 e. The normalized spacial score (nSPS) is 14.1. The Bertz CT molecular complexity index is 388. The van der Waals surface area contributed by atoms with Gasteiger partial charge in [0.2, 0.25) is 0 Å². The highest BCUT2D eigenvalue weighted by atomic mass is 19.4. The number of rotatable bonds is 2. The number of halogens is 5. The number of aromatic amines is 1. The third kappa shape index (κ3) is 2.92. The average molecular weight is 257 g/mol. The fourth-order valence-corrected chi connectivity index (χ4v) is 1.27. The highest BCUT2D eigenvalue weighted by Crippen LogP contribution is 2.44. The van der Waals surface area contributed by atoms with E-state index in [1.165, 1.54) is 0 Å². The molecule has 3 nitrogen and oxygen atoms in total. The standard InChI is InChI=1S/C9H12F5N3/c1-7(2,3)4-5-6(16-17-15-5)8(10,11)9(12,13)14/h4H2,1-3H3,(H,15,16,17). The van der Waals surface area contributed by atoms with Crippen LogP contribution in [0.25, 0.3) is 0 Å². The van der Waals surface area contributed by atoms with E-state index in [0.717, 1.165) is 0 Å². The van der Waals surface area contributed by atoms with E-state index in [0.29, 0.717) is 0 Å². The second kappa shape index (κ2) is 3.92. The molecule has 1 aromatic heterocycles. The minimum Gasteiger partial charge on any atom is -0.255 e. The van der Waals surface area contributed by atoms with Gasteiger partial charge in [0.25, 0.3) is 0 Å². The van der Waals surface area contributed by atoms with E-state index < -0.39 is 23.2 Å². The Labute approximate surface area is 94.4 Å². The lowest BCUT2D eigenvalue weighted by atomic mass is 9.89. The second-order valence-electron chi connectivity index (χ2n) is 4.94. The Morgan fingerprint density at radius 1 is 1.06 bits per heavy atom. The fourth-order valence-electron chi connectivity index (χ4n) is 1.27. The van der Waals surface area contributed by atoms with Crippen molar-refractivity contribution in [1.29, 1.82) is 0 Å². The first-order chi connectivity index (χ1) is 7.45. The molecule has 0 aromatic carbocycles. The van der Waals surface area contributed by atoms with Gasteiger partial charge in [0, 0.05) is 0 Å². The van der Waals surface area contributed by atoms with Crippen LogP contribution in [-0.2, 0) is 12.3 Å². The summed E-state index contributed by atoms with van der Waals surface area (Å²) >= 11 is 0. The molecule has 0 aliphatic heterocycles. The van der Waals surface area contributed by atoms with E-state index in [4.69, 9.17) is 0 Å². The van der Waals surface area contributed by atoms with Gasteiger partial charge in [-0.1, -0.05) is 26.0 Å². The molecule has 1 aromatic rings. The molecule has 8 heteroatoms. The first-order valence-electron chi connectivity index (χ1n) is 4.80. The number of nitrogens with zero attached hydrogens (tertiary/aromatic N) is 2. The molecular formula is C9H12F5N3. The molecule has 0 fully saturated rings. The lowest BCUT2D eigenvalue weighted by Crippen LogP contribution is -2.35. The predicted octanol–water partition coefficient (Wildman–Crippen LogP) is 3.05. The predicted molar refractivity (Wildman–Crippen MR) is 49.5 cm³/mol. The number of alkyl halides is 5. The van der Waals surface area contributed by atoms with E-state index in [2.05, 4.69) is 10.3 Å². The second-order valence-corrected chi connectivity index (χ2v) is 4.94. The van der Waals surface area contributed by atoms with Gasteiger partial charge in [-0.15, -0.1) is 5.10 Å². The van der Waals surface area contributed by atoms with Crippen LogP contribution in [0.1, 0.15) is 32.2 Å². The molecule has 0 atom stereocenters. The maximum atomic E-state index is 13.1. The quantitative estimate of drug-likeness (QED) is 0.827. The fraction of sp³-hybridized carbons (Fsp3) is 0.778. The summed E-state index contributed by atoms with van der Waals surface area (Å²) in [4.78, 5) is 0. The lowest BCUT2D eigenvalue weighted by molar-refractivity contribution is -0.291. The number of nitrogens with one attached hydrogen (secondary N) is 1. The molecule has 0 spiro atoms. The van der Waals surface area contributed by atoms with Gasteiger partial charge in [-0.2, -0.15) is 22.0 Å². The average Bonchev–Trinajstić information content (AvgIpc) is 2.46. The first-order valence-corrected chi connectivity index (χ1v) is 4.80. The van der Waals surface area contributed by atoms with Crippen LogP contribution in [0.2, 0.25) is 0 Å². The van der Waals surface area contributed by atoms with Crippen LogP contribution in [0.5, 0.6) is 0 Å². The van der Waals surface area contributed by atoms with Gasteiger partial charge in [0.05, 0.1) is 5.69 Å². The highest BCUT2D eigenvalue weighted by Gasteiger charge is 2.61. The van der Waals surface area contributed by atoms with E-state index in [1.54, 1.807) is 25.9 Å². The van der Waals surface area contributed by atoms with Crippen molar-refractivity contribution in [2.75, 3.05) is 0 Å². The Kier molecular flexibility index (Phi) is 3.19. The maximum absolute atomic E-state index is 13.1. The molecule has 0 aliphatic carbocycles. The topological polar surface area (TPSA) is 41.6 Å².